The fraction of sp³-hybridized carbons (Fsp3) is 0.261. The molecule has 2 aromatic carbocycles. The molecule has 2 N–H and O–H groups in total. The van der Waals surface area contributed by atoms with Gasteiger partial charge in [0, 0.05) is 18.0 Å². The maximum absolute atomic E-state index is 9.81. The smallest absolute Gasteiger partial charge is 0.161 e. The largest absolute Gasteiger partial charge is 0.486 e. The molecule has 0 unspecified atom stereocenters. The van der Waals surface area contributed by atoms with Crippen LogP contribution in [0.2, 0.25) is 0 Å². The van der Waals surface area contributed by atoms with Crippen LogP contribution < -0.4 is 9.47 Å². The topological polar surface area (TPSA) is 76.7 Å². The van der Waals surface area contributed by atoms with Gasteiger partial charge in [0.2, 0.25) is 0 Å². The maximum Gasteiger partial charge on any atom is 0.161 e. The predicted molar refractivity (Wildman–Crippen MR) is 109 cm³/mol. The van der Waals surface area contributed by atoms with Gasteiger partial charge in [-0.1, -0.05) is 30.0 Å². The molecule has 2 heterocycles. The van der Waals surface area contributed by atoms with Crippen LogP contribution in [0.4, 0.5) is 0 Å². The first-order valence-corrected chi connectivity index (χ1v) is 9.49. The first kappa shape index (κ1) is 19.1. The van der Waals surface area contributed by atoms with Crippen molar-refractivity contribution in [3.8, 4) is 34.5 Å². The van der Waals surface area contributed by atoms with Gasteiger partial charge >= 0.3 is 0 Å². The van der Waals surface area contributed by atoms with Crippen LogP contribution in [-0.2, 0) is 0 Å². The van der Waals surface area contributed by atoms with E-state index in [1.165, 1.54) is 0 Å². The second kappa shape index (κ2) is 8.39. The molecular formula is C23H22N2O4. The first-order chi connectivity index (χ1) is 14.2. The minimum atomic E-state index is -0.730. The van der Waals surface area contributed by atoms with Crippen molar-refractivity contribution < 1.29 is 19.7 Å². The lowest BCUT2D eigenvalue weighted by atomic mass is 10.0. The lowest BCUT2D eigenvalue weighted by Gasteiger charge is -2.18. The molecule has 1 aliphatic rings. The fourth-order valence-corrected chi connectivity index (χ4v) is 3.25. The summed E-state index contributed by atoms with van der Waals surface area (Å²) in [4.78, 5) is 4.13. The molecule has 2 atom stereocenters. The van der Waals surface area contributed by atoms with E-state index in [4.69, 9.17) is 9.47 Å². The summed E-state index contributed by atoms with van der Waals surface area (Å²) in [6.07, 6.45) is 2.57. The van der Waals surface area contributed by atoms with Gasteiger partial charge in [-0.2, -0.15) is 0 Å². The number of ether oxygens (including phenoxy) is 2. The summed E-state index contributed by atoms with van der Waals surface area (Å²) >= 11 is 0. The van der Waals surface area contributed by atoms with Crippen LogP contribution >= 0.6 is 0 Å². The molecule has 1 aliphatic heterocycles. The summed E-state index contributed by atoms with van der Waals surface area (Å²) in [7, 11) is 0. The average molecular weight is 390 g/mol. The van der Waals surface area contributed by atoms with Crippen LogP contribution in [0, 0.1) is 11.8 Å². The van der Waals surface area contributed by atoms with E-state index in [2.05, 4.69) is 16.8 Å². The first-order valence-electron chi connectivity index (χ1n) is 9.49. The van der Waals surface area contributed by atoms with E-state index in [1.807, 2.05) is 42.5 Å². The van der Waals surface area contributed by atoms with Crippen molar-refractivity contribution in [1.29, 1.82) is 0 Å². The van der Waals surface area contributed by atoms with E-state index in [0.717, 1.165) is 28.2 Å². The summed E-state index contributed by atoms with van der Waals surface area (Å²) in [5, 5.41) is 19.5. The number of fused-ring (bicyclic) bond motifs is 1. The summed E-state index contributed by atoms with van der Waals surface area (Å²) in [6.45, 7) is 2.60. The van der Waals surface area contributed by atoms with Gasteiger partial charge in [0.15, 0.2) is 11.5 Å². The zero-order valence-electron chi connectivity index (χ0n) is 16.1. The molecule has 0 saturated heterocycles. The Labute approximate surface area is 169 Å². The number of hydrogen-bond donors (Lipinski definition) is 2. The van der Waals surface area contributed by atoms with Gasteiger partial charge in [-0.05, 0) is 42.3 Å². The highest BCUT2D eigenvalue weighted by molar-refractivity contribution is 5.68. The predicted octanol–water partition coefficient (Wildman–Crippen LogP) is 2.96. The molecule has 6 heteroatoms. The van der Waals surface area contributed by atoms with E-state index in [0.29, 0.717) is 19.0 Å². The molecule has 0 bridgehead atoms. The van der Waals surface area contributed by atoms with E-state index in [1.54, 1.807) is 23.9 Å². The van der Waals surface area contributed by atoms with Gasteiger partial charge in [0.05, 0.1) is 6.61 Å². The molecule has 148 valence electrons. The Morgan fingerprint density at radius 2 is 1.79 bits per heavy atom. The summed E-state index contributed by atoms with van der Waals surface area (Å²) in [5.74, 6) is 8.17. The second-order valence-corrected chi connectivity index (χ2v) is 6.77. The van der Waals surface area contributed by atoms with E-state index < -0.39 is 12.1 Å². The maximum atomic E-state index is 9.81. The Balaban J connectivity index is 1.54. The number of aliphatic hydroxyl groups is 2. The van der Waals surface area contributed by atoms with Crippen molar-refractivity contribution in [2.45, 2.75) is 19.1 Å². The minimum absolute atomic E-state index is 0.168. The number of aromatic nitrogens is 2. The van der Waals surface area contributed by atoms with E-state index in [9.17, 15) is 10.2 Å². The molecule has 0 radical (unpaired) electrons. The van der Waals surface area contributed by atoms with E-state index >= 15 is 0 Å². The highest BCUT2D eigenvalue weighted by Gasteiger charge is 2.15. The number of hydrogen-bond acceptors (Lipinski definition) is 5. The number of benzene rings is 2. The quantitative estimate of drug-likeness (QED) is 0.670. The van der Waals surface area contributed by atoms with Gasteiger partial charge in [-0.25, -0.2) is 4.98 Å². The Morgan fingerprint density at radius 1 is 1.07 bits per heavy atom. The molecule has 0 spiro atoms. The van der Waals surface area contributed by atoms with Crippen molar-refractivity contribution in [2.75, 3.05) is 19.8 Å². The van der Waals surface area contributed by atoms with Crippen LogP contribution in [-0.4, -0.2) is 39.6 Å². The third-order valence-electron chi connectivity index (χ3n) is 4.72. The normalized spacial score (nSPS) is 14.6. The van der Waals surface area contributed by atoms with Gasteiger partial charge < -0.3 is 24.3 Å². The third-order valence-corrected chi connectivity index (χ3v) is 4.72. The highest BCUT2D eigenvalue weighted by atomic mass is 16.6. The van der Waals surface area contributed by atoms with Crippen molar-refractivity contribution in [3.05, 3.63) is 66.2 Å². The van der Waals surface area contributed by atoms with Crippen molar-refractivity contribution in [1.82, 2.24) is 9.55 Å². The molecule has 4 rings (SSSR count). The monoisotopic (exact) mass is 390 g/mol. The Hall–Kier alpha value is -3.27. The zero-order valence-corrected chi connectivity index (χ0v) is 16.1. The average Bonchev–Trinajstić information content (AvgIpc) is 3.24. The number of imidazole rings is 1. The molecule has 3 aromatic rings. The standard InChI is InChI=1S/C23H22N2O4/c1-16(27)23-24-10-11-25(23)20(15-26)8-4-17-2-5-18(6-3-17)19-7-9-21-22(14-19)29-13-12-28-21/h2-3,5-7,9-11,14,16,20,26-27H,12-13,15H2,1H3/t16-,20-/m0/s1. The lowest BCUT2D eigenvalue weighted by molar-refractivity contribution is 0.171. The summed E-state index contributed by atoms with van der Waals surface area (Å²) < 4.78 is 12.9. The number of nitrogens with zero attached hydrogens (tertiary/aromatic N) is 2. The highest BCUT2D eigenvalue weighted by Crippen LogP contribution is 2.34. The minimum Gasteiger partial charge on any atom is -0.486 e. The van der Waals surface area contributed by atoms with Gasteiger partial charge in [0.1, 0.15) is 31.2 Å². The molecule has 0 fully saturated rings. The van der Waals surface area contributed by atoms with Gasteiger partial charge in [-0.15, -0.1) is 0 Å². The third kappa shape index (κ3) is 4.11. The molecule has 1 aromatic heterocycles. The second-order valence-electron chi connectivity index (χ2n) is 6.77. The summed E-state index contributed by atoms with van der Waals surface area (Å²) in [6, 6.07) is 13.3. The van der Waals surface area contributed by atoms with Crippen molar-refractivity contribution >= 4 is 0 Å². The van der Waals surface area contributed by atoms with Gasteiger partial charge in [-0.3, -0.25) is 0 Å². The lowest BCUT2D eigenvalue weighted by Crippen LogP contribution is -2.15. The molecular weight excluding hydrogens is 368 g/mol. The zero-order chi connectivity index (χ0) is 20.2. The van der Waals surface area contributed by atoms with Crippen LogP contribution in [0.25, 0.3) is 11.1 Å². The Bertz CT molecular complexity index is 1040. The van der Waals surface area contributed by atoms with E-state index in [-0.39, 0.29) is 6.61 Å². The van der Waals surface area contributed by atoms with Crippen LogP contribution in [0.3, 0.4) is 0 Å². The number of aliphatic hydroxyl groups excluding tert-OH is 2. The summed E-state index contributed by atoms with van der Waals surface area (Å²) in [5.41, 5.74) is 2.93. The van der Waals surface area contributed by atoms with Gasteiger partial charge in [0.25, 0.3) is 0 Å². The van der Waals surface area contributed by atoms with Crippen LogP contribution in [0.1, 0.15) is 30.5 Å². The molecule has 0 amide bonds. The van der Waals surface area contributed by atoms with Crippen molar-refractivity contribution in [3.63, 3.8) is 0 Å². The Kier molecular flexibility index (Phi) is 5.52. The molecule has 0 aliphatic carbocycles. The SMILES string of the molecule is C[C@H](O)c1nccn1[C@@H](C#Cc1ccc(-c2ccc3c(c2)OCCO3)cc1)CO. The van der Waals surface area contributed by atoms with Crippen LogP contribution in [0.15, 0.2) is 54.9 Å². The number of rotatable bonds is 4. The molecule has 6 nitrogen and oxygen atoms in total. The fourth-order valence-electron chi connectivity index (χ4n) is 3.25. The van der Waals surface area contributed by atoms with Crippen molar-refractivity contribution in [2.24, 2.45) is 0 Å². The van der Waals surface area contributed by atoms with Crippen LogP contribution in [0.5, 0.6) is 11.5 Å². The Morgan fingerprint density at radius 3 is 2.52 bits per heavy atom. The molecule has 0 saturated carbocycles. The molecule has 29 heavy (non-hydrogen) atoms.